The van der Waals surface area contributed by atoms with Crippen molar-refractivity contribution in [3.63, 3.8) is 0 Å². The molecule has 1 unspecified atom stereocenters. The number of thiazole rings is 1. The highest BCUT2D eigenvalue weighted by Gasteiger charge is 2.25. The number of carbonyl (C=O) groups is 1. The summed E-state index contributed by atoms with van der Waals surface area (Å²) in [5.74, 6) is 0.516. The molecule has 0 aliphatic carbocycles. The van der Waals surface area contributed by atoms with E-state index >= 15 is 0 Å². The maximum atomic E-state index is 12.4. The molecule has 1 aliphatic rings. The molecule has 0 saturated carbocycles. The Labute approximate surface area is 147 Å². The van der Waals surface area contributed by atoms with Crippen molar-refractivity contribution in [3.8, 4) is 0 Å². The molecule has 1 aromatic heterocycles. The molecule has 5 nitrogen and oxygen atoms in total. The average molecular weight is 344 g/mol. The second-order valence-electron chi connectivity index (χ2n) is 6.39. The summed E-state index contributed by atoms with van der Waals surface area (Å²) >= 11 is 1.45. The monoisotopic (exact) mass is 344 g/mol. The lowest BCUT2D eigenvalue weighted by atomic mass is 10.1. The van der Waals surface area contributed by atoms with Gasteiger partial charge in [0.15, 0.2) is 0 Å². The normalized spacial score (nSPS) is 18.0. The molecule has 1 fully saturated rings. The molecule has 6 heteroatoms. The summed E-state index contributed by atoms with van der Waals surface area (Å²) < 4.78 is 0. The molecule has 0 bridgehead atoms. The highest BCUT2D eigenvalue weighted by molar-refractivity contribution is 7.09. The lowest BCUT2D eigenvalue weighted by molar-refractivity contribution is 0.0768. The van der Waals surface area contributed by atoms with Crippen LogP contribution in [0.5, 0.6) is 0 Å². The van der Waals surface area contributed by atoms with E-state index in [2.05, 4.69) is 34.1 Å². The van der Waals surface area contributed by atoms with E-state index in [1.807, 2.05) is 13.1 Å². The summed E-state index contributed by atoms with van der Waals surface area (Å²) in [5.41, 5.74) is 7.43. The van der Waals surface area contributed by atoms with Crippen molar-refractivity contribution >= 4 is 17.2 Å². The molecular weight excluding hydrogens is 320 g/mol. The second-order valence-corrected chi connectivity index (χ2v) is 7.33. The molecule has 2 heterocycles. The minimum atomic E-state index is -0.00698. The van der Waals surface area contributed by atoms with Gasteiger partial charge in [0.1, 0.15) is 10.7 Å². The van der Waals surface area contributed by atoms with Crippen LogP contribution in [0, 0.1) is 5.92 Å². The zero-order valence-corrected chi connectivity index (χ0v) is 14.8. The smallest absolute Gasteiger partial charge is 0.273 e. The number of carbonyl (C=O) groups excluding carboxylic acids is 1. The zero-order chi connectivity index (χ0) is 16.9. The van der Waals surface area contributed by atoms with Crippen molar-refractivity contribution in [2.45, 2.75) is 19.5 Å². The van der Waals surface area contributed by atoms with Crippen LogP contribution >= 0.6 is 11.3 Å². The number of hydrogen-bond acceptors (Lipinski definition) is 5. The van der Waals surface area contributed by atoms with Gasteiger partial charge in [-0.05, 0) is 24.4 Å². The van der Waals surface area contributed by atoms with Crippen LogP contribution in [-0.2, 0) is 13.1 Å². The quantitative estimate of drug-likeness (QED) is 0.873. The molecule has 1 aliphatic heterocycles. The molecule has 2 aromatic rings. The Hall–Kier alpha value is -1.76. The molecule has 128 valence electrons. The van der Waals surface area contributed by atoms with Crippen molar-refractivity contribution in [2.75, 3.05) is 26.7 Å². The van der Waals surface area contributed by atoms with Crippen LogP contribution in [0.2, 0.25) is 0 Å². The molecule has 2 N–H and O–H groups in total. The van der Waals surface area contributed by atoms with E-state index < -0.39 is 0 Å². The number of likely N-dealkylation sites (tertiary alicyclic amines) is 1. The SMILES string of the molecule is CN(CC1CCN(Cc2ccccc2)C1)C(=O)c1csc(CN)n1. The van der Waals surface area contributed by atoms with Gasteiger partial charge in [-0.25, -0.2) is 4.98 Å². The van der Waals surface area contributed by atoms with Crippen LogP contribution in [-0.4, -0.2) is 47.4 Å². The van der Waals surface area contributed by atoms with Gasteiger partial charge in [-0.3, -0.25) is 9.69 Å². The van der Waals surface area contributed by atoms with Gasteiger partial charge in [-0.15, -0.1) is 11.3 Å². The number of nitrogens with two attached hydrogens (primary N) is 1. The number of aromatic nitrogens is 1. The first-order chi connectivity index (χ1) is 11.7. The summed E-state index contributed by atoms with van der Waals surface area (Å²) in [4.78, 5) is 21.0. The van der Waals surface area contributed by atoms with E-state index in [4.69, 9.17) is 5.73 Å². The van der Waals surface area contributed by atoms with Crippen LogP contribution in [0.3, 0.4) is 0 Å². The van der Waals surface area contributed by atoms with Crippen molar-refractivity contribution in [1.82, 2.24) is 14.8 Å². The molecule has 0 spiro atoms. The summed E-state index contributed by atoms with van der Waals surface area (Å²) in [7, 11) is 1.86. The van der Waals surface area contributed by atoms with Gasteiger partial charge in [0.05, 0.1) is 0 Å². The topological polar surface area (TPSA) is 62.5 Å². The predicted octanol–water partition coefficient (Wildman–Crippen LogP) is 2.20. The van der Waals surface area contributed by atoms with Crippen molar-refractivity contribution in [2.24, 2.45) is 11.7 Å². The van der Waals surface area contributed by atoms with E-state index in [0.717, 1.165) is 37.6 Å². The summed E-state index contributed by atoms with van der Waals surface area (Å²) in [6.07, 6.45) is 1.13. The standard InChI is InChI=1S/C18H24N4OS/c1-21(18(23)16-13-24-17(9-19)20-16)10-15-7-8-22(12-15)11-14-5-3-2-4-6-14/h2-6,13,15H,7-12,19H2,1H3. The highest BCUT2D eigenvalue weighted by atomic mass is 32.1. The number of benzene rings is 1. The maximum absolute atomic E-state index is 12.4. The molecule has 1 atom stereocenters. The van der Waals surface area contributed by atoms with Crippen LogP contribution in [0.25, 0.3) is 0 Å². The minimum Gasteiger partial charge on any atom is -0.340 e. The molecule has 24 heavy (non-hydrogen) atoms. The van der Waals surface area contributed by atoms with Crippen LogP contribution in [0.15, 0.2) is 35.7 Å². The fraction of sp³-hybridized carbons (Fsp3) is 0.444. The Morgan fingerprint density at radius 3 is 2.92 bits per heavy atom. The van der Waals surface area contributed by atoms with Crippen LogP contribution < -0.4 is 5.73 Å². The fourth-order valence-electron chi connectivity index (χ4n) is 3.22. The molecule has 3 rings (SSSR count). The lowest BCUT2D eigenvalue weighted by Crippen LogP contribution is -2.33. The van der Waals surface area contributed by atoms with Crippen molar-refractivity contribution < 1.29 is 4.79 Å². The van der Waals surface area contributed by atoms with Crippen molar-refractivity contribution in [3.05, 3.63) is 52.0 Å². The van der Waals surface area contributed by atoms with Crippen LogP contribution in [0.1, 0.15) is 27.5 Å². The summed E-state index contributed by atoms with van der Waals surface area (Å²) in [6, 6.07) is 10.5. The first-order valence-electron chi connectivity index (χ1n) is 8.32. The molecule has 1 aromatic carbocycles. The molecule has 1 saturated heterocycles. The summed E-state index contributed by atoms with van der Waals surface area (Å²) in [6.45, 7) is 4.28. The predicted molar refractivity (Wildman–Crippen MR) is 96.8 cm³/mol. The van der Waals surface area contributed by atoms with E-state index in [1.165, 1.54) is 16.9 Å². The Kier molecular flexibility index (Phi) is 5.60. The zero-order valence-electron chi connectivity index (χ0n) is 14.0. The first kappa shape index (κ1) is 17.1. The second kappa shape index (κ2) is 7.88. The van der Waals surface area contributed by atoms with Gasteiger partial charge in [-0.1, -0.05) is 30.3 Å². The van der Waals surface area contributed by atoms with Gasteiger partial charge < -0.3 is 10.6 Å². The minimum absolute atomic E-state index is 0.00698. The van der Waals surface area contributed by atoms with E-state index in [0.29, 0.717) is 18.2 Å². The third-order valence-corrected chi connectivity index (χ3v) is 5.31. The number of amides is 1. The van der Waals surface area contributed by atoms with E-state index in [1.54, 1.807) is 10.3 Å². The average Bonchev–Trinajstić information content (AvgIpc) is 3.24. The van der Waals surface area contributed by atoms with Gasteiger partial charge in [0.25, 0.3) is 5.91 Å². The van der Waals surface area contributed by atoms with E-state index in [-0.39, 0.29) is 5.91 Å². The first-order valence-corrected chi connectivity index (χ1v) is 9.20. The fourth-order valence-corrected chi connectivity index (χ4v) is 3.86. The van der Waals surface area contributed by atoms with E-state index in [9.17, 15) is 4.79 Å². The van der Waals surface area contributed by atoms with Gasteiger partial charge >= 0.3 is 0 Å². The Balaban J connectivity index is 1.50. The molecule has 0 radical (unpaired) electrons. The Morgan fingerprint density at radius 2 is 2.21 bits per heavy atom. The largest absolute Gasteiger partial charge is 0.340 e. The van der Waals surface area contributed by atoms with Gasteiger partial charge in [-0.2, -0.15) is 0 Å². The lowest BCUT2D eigenvalue weighted by Gasteiger charge is -2.21. The van der Waals surface area contributed by atoms with Crippen LogP contribution in [0.4, 0.5) is 0 Å². The maximum Gasteiger partial charge on any atom is 0.273 e. The Morgan fingerprint density at radius 1 is 1.42 bits per heavy atom. The third-order valence-electron chi connectivity index (χ3n) is 4.44. The van der Waals surface area contributed by atoms with Gasteiger partial charge in [0.2, 0.25) is 0 Å². The number of rotatable bonds is 6. The highest BCUT2D eigenvalue weighted by Crippen LogP contribution is 2.20. The molecular formula is C18H24N4OS. The summed E-state index contributed by atoms with van der Waals surface area (Å²) in [5, 5.41) is 2.61. The van der Waals surface area contributed by atoms with Gasteiger partial charge in [0, 0.05) is 38.6 Å². The Bertz CT molecular complexity index is 673. The number of hydrogen-bond donors (Lipinski definition) is 1. The molecule has 1 amide bonds. The van der Waals surface area contributed by atoms with Crippen molar-refractivity contribution in [1.29, 1.82) is 0 Å². The third kappa shape index (κ3) is 4.20. The number of nitrogens with zero attached hydrogens (tertiary/aromatic N) is 3.